The Morgan fingerprint density at radius 3 is 2.20 bits per heavy atom. The molecule has 1 atom stereocenters. The Morgan fingerprint density at radius 1 is 0.933 bits per heavy atom. The Morgan fingerprint density at radius 2 is 1.53 bits per heavy atom. The van der Waals surface area contributed by atoms with E-state index in [0.29, 0.717) is 16.6 Å². The van der Waals surface area contributed by atoms with Crippen molar-refractivity contribution in [2.75, 3.05) is 20.1 Å². The second kappa shape index (κ2) is 11.4. The molecule has 0 aliphatic heterocycles. The molecule has 2 rings (SSSR count). The Kier molecular flexibility index (Phi) is 9.28. The Labute approximate surface area is 182 Å². The number of unbranched alkanes of at least 4 members (excludes halogenated alkanes) is 5. The minimum Gasteiger partial charge on any atom is -0.319 e. The monoisotopic (exact) mass is 430 g/mol. The lowest BCUT2D eigenvalue weighted by molar-refractivity contribution is -0.915. The molecule has 1 unspecified atom stereocenters. The number of nitrogens with zero attached hydrogens (tertiary/aromatic N) is 1. The molecule has 0 saturated heterocycles. The fourth-order valence-corrected chi connectivity index (χ4v) is 4.73. The standard InChI is InChI=1S/C25H35NO3S/c1-4-5-6-7-8-14-19-26(3,20-22(2)23-15-10-9-11-16-23)21-24-17-12-13-18-25(24)30(27,28)29/h9-13,15-18H,2,4-8,14,19-21H2,1,3H3/p+1. The zero-order chi connectivity index (χ0) is 22.0. The van der Waals surface area contributed by atoms with E-state index in [1.54, 1.807) is 12.1 Å². The molecule has 0 bridgehead atoms. The highest BCUT2D eigenvalue weighted by Gasteiger charge is 2.27. The summed E-state index contributed by atoms with van der Waals surface area (Å²) in [6, 6.07) is 16.9. The van der Waals surface area contributed by atoms with E-state index >= 15 is 0 Å². The molecular weight excluding hydrogens is 394 g/mol. The van der Waals surface area contributed by atoms with E-state index in [-0.39, 0.29) is 4.90 Å². The molecule has 2 aromatic carbocycles. The first-order chi connectivity index (χ1) is 14.2. The van der Waals surface area contributed by atoms with E-state index in [1.807, 2.05) is 24.3 Å². The largest absolute Gasteiger partial charge is 0.319 e. The van der Waals surface area contributed by atoms with Gasteiger partial charge in [-0.15, -0.1) is 0 Å². The summed E-state index contributed by atoms with van der Waals surface area (Å²) in [5.41, 5.74) is 2.79. The third kappa shape index (κ3) is 7.71. The third-order valence-electron chi connectivity index (χ3n) is 5.61. The van der Waals surface area contributed by atoms with E-state index in [9.17, 15) is 13.0 Å². The first-order valence-electron chi connectivity index (χ1n) is 10.9. The molecule has 0 fully saturated rings. The molecule has 0 amide bonds. The number of hydrogen-bond acceptors (Lipinski definition) is 2. The van der Waals surface area contributed by atoms with Crippen molar-refractivity contribution in [2.45, 2.75) is 56.9 Å². The summed E-state index contributed by atoms with van der Waals surface area (Å²) in [5.74, 6) is 0. The lowest BCUT2D eigenvalue weighted by Crippen LogP contribution is -2.45. The second-order valence-corrected chi connectivity index (χ2v) is 9.87. The van der Waals surface area contributed by atoms with Crippen LogP contribution < -0.4 is 0 Å². The van der Waals surface area contributed by atoms with Gasteiger partial charge < -0.3 is 4.48 Å². The predicted molar refractivity (Wildman–Crippen MR) is 125 cm³/mol. The molecule has 5 heteroatoms. The summed E-state index contributed by atoms with van der Waals surface area (Å²) in [5, 5.41) is 0. The van der Waals surface area contributed by atoms with E-state index in [4.69, 9.17) is 0 Å². The average Bonchev–Trinajstić information content (AvgIpc) is 2.71. The Bertz CT molecular complexity index is 909. The van der Waals surface area contributed by atoms with Gasteiger partial charge in [-0.3, -0.25) is 4.55 Å². The predicted octanol–water partition coefficient (Wildman–Crippen LogP) is 5.95. The van der Waals surface area contributed by atoms with E-state index < -0.39 is 10.1 Å². The highest BCUT2D eigenvalue weighted by Crippen LogP contribution is 2.25. The Hall–Kier alpha value is -1.95. The van der Waals surface area contributed by atoms with Crippen LogP contribution >= 0.6 is 0 Å². The fraction of sp³-hybridized carbons (Fsp3) is 0.440. The van der Waals surface area contributed by atoms with Gasteiger partial charge in [-0.2, -0.15) is 8.42 Å². The van der Waals surface area contributed by atoms with Crippen LogP contribution in [0.3, 0.4) is 0 Å². The van der Waals surface area contributed by atoms with Crippen molar-refractivity contribution in [3.05, 3.63) is 72.3 Å². The van der Waals surface area contributed by atoms with Crippen LogP contribution in [0, 0.1) is 0 Å². The molecule has 0 saturated carbocycles. The molecule has 0 aromatic heterocycles. The van der Waals surface area contributed by atoms with E-state index in [0.717, 1.165) is 30.6 Å². The zero-order valence-corrected chi connectivity index (χ0v) is 19.2. The second-order valence-electron chi connectivity index (χ2n) is 8.48. The molecule has 0 aliphatic rings. The summed E-state index contributed by atoms with van der Waals surface area (Å²) >= 11 is 0. The van der Waals surface area contributed by atoms with Crippen LogP contribution in [0.4, 0.5) is 0 Å². The molecule has 0 aliphatic carbocycles. The number of benzene rings is 2. The summed E-state index contributed by atoms with van der Waals surface area (Å²) in [7, 11) is -2.10. The van der Waals surface area contributed by atoms with Crippen molar-refractivity contribution in [3.63, 3.8) is 0 Å². The summed E-state index contributed by atoms with van der Waals surface area (Å²) in [4.78, 5) is 0.00243. The third-order valence-corrected chi connectivity index (χ3v) is 6.56. The lowest BCUT2D eigenvalue weighted by atomic mass is 10.0. The van der Waals surface area contributed by atoms with Gasteiger partial charge in [0, 0.05) is 11.1 Å². The van der Waals surface area contributed by atoms with Gasteiger partial charge in [-0.25, -0.2) is 0 Å². The number of likely N-dealkylation sites (N-methyl/N-ethyl adjacent to an activating group) is 1. The summed E-state index contributed by atoms with van der Waals surface area (Å²) < 4.78 is 34.1. The molecule has 30 heavy (non-hydrogen) atoms. The van der Waals surface area contributed by atoms with Gasteiger partial charge in [0.2, 0.25) is 0 Å². The van der Waals surface area contributed by atoms with Crippen molar-refractivity contribution >= 4 is 15.7 Å². The quantitative estimate of drug-likeness (QED) is 0.242. The maximum absolute atomic E-state index is 11.9. The minimum absolute atomic E-state index is 0.00243. The van der Waals surface area contributed by atoms with Crippen LogP contribution in [0.25, 0.3) is 5.57 Å². The minimum atomic E-state index is -4.25. The molecule has 0 spiro atoms. The van der Waals surface area contributed by atoms with Crippen LogP contribution in [0.15, 0.2) is 66.1 Å². The van der Waals surface area contributed by atoms with Crippen LogP contribution in [0.5, 0.6) is 0 Å². The molecule has 0 heterocycles. The molecule has 0 radical (unpaired) electrons. The highest BCUT2D eigenvalue weighted by molar-refractivity contribution is 7.85. The zero-order valence-electron chi connectivity index (χ0n) is 18.4. The molecular formula is C25H36NO3S+. The van der Waals surface area contributed by atoms with Gasteiger partial charge in [0.05, 0.1) is 13.6 Å². The van der Waals surface area contributed by atoms with Crippen LogP contribution in [0.2, 0.25) is 0 Å². The van der Waals surface area contributed by atoms with Gasteiger partial charge in [0.15, 0.2) is 0 Å². The first-order valence-corrected chi connectivity index (χ1v) is 12.3. The topological polar surface area (TPSA) is 54.4 Å². The van der Waals surface area contributed by atoms with Crippen molar-refractivity contribution in [2.24, 2.45) is 0 Å². The van der Waals surface area contributed by atoms with Crippen molar-refractivity contribution in [3.8, 4) is 0 Å². The SMILES string of the molecule is C=C(C[N+](C)(CCCCCCCC)Cc1ccccc1S(=O)(=O)O)c1ccccc1. The van der Waals surface area contributed by atoms with Gasteiger partial charge in [0.25, 0.3) is 10.1 Å². The van der Waals surface area contributed by atoms with E-state index in [1.165, 1.54) is 38.2 Å². The van der Waals surface area contributed by atoms with E-state index in [2.05, 4.69) is 32.7 Å². The Balaban J connectivity index is 2.19. The maximum atomic E-state index is 11.9. The van der Waals surface area contributed by atoms with Gasteiger partial charge in [0.1, 0.15) is 18.0 Å². The van der Waals surface area contributed by atoms with Crippen LogP contribution in [0.1, 0.15) is 56.6 Å². The molecule has 4 nitrogen and oxygen atoms in total. The number of quaternary nitrogens is 1. The maximum Gasteiger partial charge on any atom is 0.295 e. The van der Waals surface area contributed by atoms with Crippen molar-refractivity contribution in [1.29, 1.82) is 0 Å². The first kappa shape index (κ1) is 24.3. The normalized spacial score (nSPS) is 13.7. The van der Waals surface area contributed by atoms with Crippen molar-refractivity contribution < 1.29 is 17.5 Å². The molecule has 1 N–H and O–H groups in total. The average molecular weight is 431 g/mol. The van der Waals surface area contributed by atoms with Gasteiger partial charge in [-0.05, 0) is 24.5 Å². The van der Waals surface area contributed by atoms with Gasteiger partial charge >= 0.3 is 0 Å². The number of hydrogen-bond donors (Lipinski definition) is 1. The molecule has 2 aromatic rings. The smallest absolute Gasteiger partial charge is 0.295 e. The summed E-state index contributed by atoms with van der Waals surface area (Å²) in [6.45, 7) is 8.70. The van der Waals surface area contributed by atoms with Gasteiger partial charge in [-0.1, -0.05) is 87.7 Å². The van der Waals surface area contributed by atoms with Crippen LogP contribution in [-0.2, 0) is 16.7 Å². The fourth-order valence-electron chi connectivity index (χ4n) is 4.01. The highest BCUT2D eigenvalue weighted by atomic mass is 32.2. The van der Waals surface area contributed by atoms with Crippen LogP contribution in [-0.4, -0.2) is 37.6 Å². The number of rotatable bonds is 13. The molecule has 164 valence electrons. The lowest BCUT2D eigenvalue weighted by Gasteiger charge is -2.36. The summed E-state index contributed by atoms with van der Waals surface area (Å²) in [6.07, 6.45) is 7.26. The van der Waals surface area contributed by atoms with Crippen molar-refractivity contribution in [1.82, 2.24) is 0 Å².